The molecule has 2 aliphatic rings. The van der Waals surface area contributed by atoms with Crippen LogP contribution >= 0.6 is 0 Å². The van der Waals surface area contributed by atoms with Crippen LogP contribution in [-0.2, 0) is 5.41 Å². The molecule has 0 bridgehead atoms. The van der Waals surface area contributed by atoms with Crippen molar-refractivity contribution < 1.29 is 19.0 Å². The fourth-order valence-electron chi connectivity index (χ4n) is 3.57. The number of carbonyl (C=O) groups is 1. The van der Waals surface area contributed by atoms with Gasteiger partial charge in [-0.3, -0.25) is 4.79 Å². The number of benzene rings is 1. The molecule has 2 aliphatic heterocycles. The second-order valence-electron chi connectivity index (χ2n) is 8.55. The summed E-state index contributed by atoms with van der Waals surface area (Å²) < 4.78 is 17.1. The summed E-state index contributed by atoms with van der Waals surface area (Å²) in [5, 5.41) is 8.43. The van der Waals surface area contributed by atoms with Crippen LogP contribution in [0.25, 0.3) is 0 Å². The Labute approximate surface area is 171 Å². The predicted molar refractivity (Wildman–Crippen MR) is 108 cm³/mol. The van der Waals surface area contributed by atoms with Gasteiger partial charge in [0.05, 0.1) is 17.9 Å². The zero-order chi connectivity index (χ0) is 20.4. The molecule has 2 aromatic rings. The van der Waals surface area contributed by atoms with E-state index in [1.807, 2.05) is 29.2 Å². The standard InChI is InChI=1S/C22H27N3O4/c1-22(2,3)18-7-8-19(24-23-18)29-14-15-9-10-25(13-15)21(26)16-5-4-6-17-20(16)28-12-11-27-17/h4-8,15H,9-14H2,1-3H3. The van der Waals surface area contributed by atoms with E-state index in [9.17, 15) is 4.79 Å². The van der Waals surface area contributed by atoms with E-state index in [1.165, 1.54) is 0 Å². The summed E-state index contributed by atoms with van der Waals surface area (Å²) >= 11 is 0. The maximum Gasteiger partial charge on any atom is 0.257 e. The summed E-state index contributed by atoms with van der Waals surface area (Å²) in [5.41, 5.74) is 1.45. The predicted octanol–water partition coefficient (Wildman–Crippen LogP) is 3.09. The molecule has 0 saturated carbocycles. The smallest absolute Gasteiger partial charge is 0.257 e. The first kappa shape index (κ1) is 19.5. The molecule has 29 heavy (non-hydrogen) atoms. The van der Waals surface area contributed by atoms with Crippen LogP contribution in [-0.4, -0.2) is 53.9 Å². The van der Waals surface area contributed by atoms with Crippen molar-refractivity contribution >= 4 is 5.91 Å². The van der Waals surface area contributed by atoms with Gasteiger partial charge < -0.3 is 19.1 Å². The summed E-state index contributed by atoms with van der Waals surface area (Å²) in [6.07, 6.45) is 0.894. The molecule has 1 aromatic carbocycles. The summed E-state index contributed by atoms with van der Waals surface area (Å²) in [6.45, 7) is 9.13. The Morgan fingerprint density at radius 3 is 2.76 bits per heavy atom. The van der Waals surface area contributed by atoms with E-state index < -0.39 is 0 Å². The average molecular weight is 397 g/mol. The van der Waals surface area contributed by atoms with Crippen molar-refractivity contribution in [2.45, 2.75) is 32.6 Å². The minimum atomic E-state index is -0.0385. The molecular weight excluding hydrogens is 370 g/mol. The third-order valence-corrected chi connectivity index (χ3v) is 5.25. The molecule has 0 N–H and O–H groups in total. The van der Waals surface area contributed by atoms with Crippen LogP contribution in [0, 0.1) is 5.92 Å². The molecule has 1 unspecified atom stereocenters. The van der Waals surface area contributed by atoms with Crippen LogP contribution in [0.3, 0.4) is 0 Å². The highest BCUT2D eigenvalue weighted by atomic mass is 16.6. The van der Waals surface area contributed by atoms with Crippen molar-refractivity contribution in [2.75, 3.05) is 32.9 Å². The molecule has 1 atom stereocenters. The first-order chi connectivity index (χ1) is 13.9. The summed E-state index contributed by atoms with van der Waals surface area (Å²) in [7, 11) is 0. The summed E-state index contributed by atoms with van der Waals surface area (Å²) in [4.78, 5) is 14.9. The lowest BCUT2D eigenvalue weighted by molar-refractivity contribution is 0.0772. The first-order valence-corrected chi connectivity index (χ1v) is 10.1. The summed E-state index contributed by atoms with van der Waals surface area (Å²) in [5.74, 6) is 1.95. The van der Waals surface area contributed by atoms with Crippen molar-refractivity contribution in [1.29, 1.82) is 0 Å². The van der Waals surface area contributed by atoms with Gasteiger partial charge in [-0.25, -0.2) is 0 Å². The number of carbonyl (C=O) groups excluding carboxylic acids is 1. The van der Waals surface area contributed by atoms with Gasteiger partial charge in [0, 0.05) is 30.5 Å². The number of hydrogen-bond donors (Lipinski definition) is 0. The van der Waals surface area contributed by atoms with Crippen molar-refractivity contribution in [2.24, 2.45) is 5.92 Å². The Balaban J connectivity index is 1.34. The van der Waals surface area contributed by atoms with Crippen molar-refractivity contribution in [1.82, 2.24) is 15.1 Å². The Bertz CT molecular complexity index is 877. The Morgan fingerprint density at radius 2 is 2.00 bits per heavy atom. The van der Waals surface area contributed by atoms with Crippen molar-refractivity contribution in [3.63, 3.8) is 0 Å². The molecule has 3 heterocycles. The highest BCUT2D eigenvalue weighted by molar-refractivity contribution is 5.98. The number of rotatable bonds is 4. The highest BCUT2D eigenvalue weighted by Crippen LogP contribution is 2.35. The van der Waals surface area contributed by atoms with Gasteiger partial charge in [0.25, 0.3) is 5.91 Å². The van der Waals surface area contributed by atoms with Crippen molar-refractivity contribution in [3.8, 4) is 17.4 Å². The molecule has 1 aromatic heterocycles. The topological polar surface area (TPSA) is 73.8 Å². The Kier molecular flexibility index (Phi) is 5.30. The molecule has 0 aliphatic carbocycles. The molecule has 0 spiro atoms. The minimum Gasteiger partial charge on any atom is -0.486 e. The lowest BCUT2D eigenvalue weighted by Gasteiger charge is -2.23. The van der Waals surface area contributed by atoms with E-state index in [4.69, 9.17) is 14.2 Å². The van der Waals surface area contributed by atoms with Crippen LogP contribution in [0.15, 0.2) is 30.3 Å². The number of likely N-dealkylation sites (tertiary alicyclic amines) is 1. The lowest BCUT2D eigenvalue weighted by atomic mass is 9.92. The fourth-order valence-corrected chi connectivity index (χ4v) is 3.57. The largest absolute Gasteiger partial charge is 0.486 e. The second kappa shape index (κ2) is 7.89. The molecule has 0 radical (unpaired) electrons. The number of para-hydroxylation sites is 1. The monoisotopic (exact) mass is 397 g/mol. The molecule has 7 heteroatoms. The van der Waals surface area contributed by atoms with E-state index in [0.29, 0.717) is 55.9 Å². The van der Waals surface area contributed by atoms with Gasteiger partial charge in [-0.05, 0) is 24.6 Å². The number of nitrogens with zero attached hydrogens (tertiary/aromatic N) is 3. The quantitative estimate of drug-likeness (QED) is 0.789. The highest BCUT2D eigenvalue weighted by Gasteiger charge is 2.30. The first-order valence-electron chi connectivity index (χ1n) is 10.1. The van der Waals surface area contributed by atoms with Gasteiger partial charge >= 0.3 is 0 Å². The molecule has 4 rings (SSSR count). The van der Waals surface area contributed by atoms with Crippen LogP contribution < -0.4 is 14.2 Å². The van der Waals surface area contributed by atoms with Crippen LogP contribution in [0.1, 0.15) is 43.2 Å². The minimum absolute atomic E-state index is 0.0239. The zero-order valence-corrected chi connectivity index (χ0v) is 17.2. The molecule has 1 fully saturated rings. The third-order valence-electron chi connectivity index (χ3n) is 5.25. The number of hydrogen-bond acceptors (Lipinski definition) is 6. The maximum atomic E-state index is 13.0. The number of fused-ring (bicyclic) bond motifs is 1. The van der Waals surface area contributed by atoms with E-state index >= 15 is 0 Å². The normalized spacial score (nSPS) is 18.6. The van der Waals surface area contributed by atoms with Gasteiger partial charge in [0.1, 0.15) is 13.2 Å². The van der Waals surface area contributed by atoms with Crippen LogP contribution in [0.5, 0.6) is 17.4 Å². The van der Waals surface area contributed by atoms with Crippen molar-refractivity contribution in [3.05, 3.63) is 41.6 Å². The zero-order valence-electron chi connectivity index (χ0n) is 17.2. The van der Waals surface area contributed by atoms with E-state index in [1.54, 1.807) is 6.07 Å². The number of aromatic nitrogens is 2. The van der Waals surface area contributed by atoms with Crippen LogP contribution in [0.2, 0.25) is 0 Å². The van der Waals surface area contributed by atoms with Gasteiger partial charge in [0.15, 0.2) is 11.5 Å². The SMILES string of the molecule is CC(C)(C)c1ccc(OCC2CCN(C(=O)c3cccc4c3OCCO4)C2)nn1. The molecule has 7 nitrogen and oxygen atoms in total. The fraction of sp³-hybridized carbons (Fsp3) is 0.500. The maximum absolute atomic E-state index is 13.0. The third kappa shape index (κ3) is 4.28. The molecule has 154 valence electrons. The van der Waals surface area contributed by atoms with Gasteiger partial charge in [0.2, 0.25) is 5.88 Å². The molecular formula is C22H27N3O4. The summed E-state index contributed by atoms with van der Waals surface area (Å²) in [6, 6.07) is 9.27. The Morgan fingerprint density at radius 1 is 1.17 bits per heavy atom. The number of ether oxygens (including phenoxy) is 3. The molecule has 1 amide bonds. The number of amides is 1. The van der Waals surface area contributed by atoms with Crippen LogP contribution in [0.4, 0.5) is 0 Å². The lowest BCUT2D eigenvalue weighted by Crippen LogP contribution is -2.30. The molecule has 1 saturated heterocycles. The average Bonchev–Trinajstić information content (AvgIpc) is 3.20. The van der Waals surface area contributed by atoms with E-state index in [-0.39, 0.29) is 17.2 Å². The van der Waals surface area contributed by atoms with E-state index in [0.717, 1.165) is 12.1 Å². The van der Waals surface area contributed by atoms with E-state index in [2.05, 4.69) is 31.0 Å². The van der Waals surface area contributed by atoms with Gasteiger partial charge in [-0.15, -0.1) is 5.10 Å². The van der Waals surface area contributed by atoms with Gasteiger partial charge in [-0.1, -0.05) is 26.8 Å². The Hall–Kier alpha value is -2.83. The van der Waals surface area contributed by atoms with Gasteiger partial charge in [-0.2, -0.15) is 5.10 Å². The second-order valence-corrected chi connectivity index (χ2v) is 8.55.